The van der Waals surface area contributed by atoms with Crippen molar-refractivity contribution in [2.24, 2.45) is 4.99 Å². The highest BCUT2D eigenvalue weighted by Crippen LogP contribution is 1.90. The second-order valence-corrected chi connectivity index (χ2v) is 2.36. The van der Waals surface area contributed by atoms with Crippen LogP contribution in [0.1, 0.15) is 13.8 Å². The van der Waals surface area contributed by atoms with Gasteiger partial charge in [0.2, 0.25) is 0 Å². The van der Waals surface area contributed by atoms with Gasteiger partial charge in [-0.3, -0.25) is 4.99 Å². The first-order valence-corrected chi connectivity index (χ1v) is 3.02. The van der Waals surface area contributed by atoms with Gasteiger partial charge < -0.3 is 5.32 Å². The van der Waals surface area contributed by atoms with Gasteiger partial charge in [0.15, 0.2) is 0 Å². The third-order valence-corrected chi connectivity index (χ3v) is 1.34. The molecule has 0 aromatic rings. The molecular weight excluding hydrogens is 100 g/mol. The summed E-state index contributed by atoms with van der Waals surface area (Å²) >= 11 is 0. The Balaban J connectivity index is 2.42. The number of rotatable bonds is 0. The minimum atomic E-state index is 0.582. The fourth-order valence-electron chi connectivity index (χ4n) is 0.735. The second kappa shape index (κ2) is 2.27. The van der Waals surface area contributed by atoms with Crippen molar-refractivity contribution < 1.29 is 0 Å². The van der Waals surface area contributed by atoms with Crippen molar-refractivity contribution in [3.05, 3.63) is 0 Å². The Morgan fingerprint density at radius 3 is 2.88 bits per heavy atom. The second-order valence-electron chi connectivity index (χ2n) is 2.36. The summed E-state index contributed by atoms with van der Waals surface area (Å²) in [7, 11) is 0. The maximum absolute atomic E-state index is 4.27. The van der Waals surface area contributed by atoms with Crippen LogP contribution in [0.4, 0.5) is 0 Å². The third kappa shape index (κ3) is 1.30. The van der Waals surface area contributed by atoms with E-state index in [9.17, 15) is 0 Å². The Bertz CT molecular complexity index is 107. The lowest BCUT2D eigenvalue weighted by Gasteiger charge is -2.16. The van der Waals surface area contributed by atoms with Crippen LogP contribution in [0, 0.1) is 0 Å². The van der Waals surface area contributed by atoms with Crippen LogP contribution >= 0.6 is 0 Å². The zero-order valence-electron chi connectivity index (χ0n) is 5.44. The molecule has 0 aromatic heterocycles. The summed E-state index contributed by atoms with van der Waals surface area (Å²) in [5.41, 5.74) is 1.23. The maximum atomic E-state index is 4.27. The molecule has 0 saturated carbocycles. The van der Waals surface area contributed by atoms with Crippen LogP contribution in [0.25, 0.3) is 0 Å². The topological polar surface area (TPSA) is 24.4 Å². The van der Waals surface area contributed by atoms with E-state index in [1.54, 1.807) is 0 Å². The first kappa shape index (κ1) is 5.76. The van der Waals surface area contributed by atoms with Crippen molar-refractivity contribution in [1.29, 1.82) is 0 Å². The SMILES string of the molecule is CC1=NCC(C)NC1. The minimum Gasteiger partial charge on any atom is -0.307 e. The molecule has 0 radical (unpaired) electrons. The van der Waals surface area contributed by atoms with Crippen LogP contribution in [-0.2, 0) is 0 Å². The first-order chi connectivity index (χ1) is 3.79. The molecule has 0 amide bonds. The lowest BCUT2D eigenvalue weighted by atomic mass is 10.2. The molecule has 1 rings (SSSR count). The van der Waals surface area contributed by atoms with Crippen LogP contribution in [0.5, 0.6) is 0 Å². The Labute approximate surface area is 50.0 Å². The molecule has 1 aliphatic rings. The predicted octanol–water partition coefficient (Wildman–Crippen LogP) is 0.439. The van der Waals surface area contributed by atoms with Gasteiger partial charge in [0.05, 0.1) is 6.54 Å². The van der Waals surface area contributed by atoms with Crippen LogP contribution < -0.4 is 5.32 Å². The molecule has 46 valence electrons. The number of nitrogens with zero attached hydrogens (tertiary/aromatic N) is 1. The van der Waals surface area contributed by atoms with Crippen LogP contribution in [-0.4, -0.2) is 24.8 Å². The number of hydrogen-bond acceptors (Lipinski definition) is 2. The molecule has 0 aliphatic carbocycles. The summed E-state index contributed by atoms with van der Waals surface area (Å²) in [6.07, 6.45) is 0. The fraction of sp³-hybridized carbons (Fsp3) is 0.833. The van der Waals surface area contributed by atoms with Crippen molar-refractivity contribution in [2.45, 2.75) is 19.9 Å². The smallest absolute Gasteiger partial charge is 0.0540 e. The standard InChI is InChI=1S/C6H12N2/c1-5-3-8-6(2)4-7-5/h5,7H,3-4H2,1-2H3. The van der Waals surface area contributed by atoms with Gasteiger partial charge in [-0.05, 0) is 13.8 Å². The summed E-state index contributed by atoms with van der Waals surface area (Å²) < 4.78 is 0. The molecule has 0 bridgehead atoms. The van der Waals surface area contributed by atoms with E-state index in [0.29, 0.717) is 6.04 Å². The third-order valence-electron chi connectivity index (χ3n) is 1.34. The van der Waals surface area contributed by atoms with E-state index < -0.39 is 0 Å². The molecule has 1 atom stereocenters. The Morgan fingerprint density at radius 2 is 2.50 bits per heavy atom. The first-order valence-electron chi connectivity index (χ1n) is 3.02. The molecule has 2 heteroatoms. The Kier molecular flexibility index (Phi) is 1.63. The van der Waals surface area contributed by atoms with Crippen molar-refractivity contribution in [1.82, 2.24) is 5.32 Å². The van der Waals surface area contributed by atoms with Gasteiger partial charge in [0, 0.05) is 18.3 Å². The highest BCUT2D eigenvalue weighted by molar-refractivity contribution is 5.84. The van der Waals surface area contributed by atoms with E-state index in [0.717, 1.165) is 13.1 Å². The molecule has 8 heavy (non-hydrogen) atoms. The normalized spacial score (nSPS) is 29.8. The minimum absolute atomic E-state index is 0.582. The molecule has 1 heterocycles. The van der Waals surface area contributed by atoms with Gasteiger partial charge in [-0.2, -0.15) is 0 Å². The number of aliphatic imine (C=N–C) groups is 1. The number of nitrogens with one attached hydrogen (secondary N) is 1. The quantitative estimate of drug-likeness (QED) is 0.483. The van der Waals surface area contributed by atoms with E-state index in [2.05, 4.69) is 24.2 Å². The maximum Gasteiger partial charge on any atom is 0.0540 e. The van der Waals surface area contributed by atoms with Gasteiger partial charge in [-0.1, -0.05) is 0 Å². The van der Waals surface area contributed by atoms with Gasteiger partial charge >= 0.3 is 0 Å². The summed E-state index contributed by atoms with van der Waals surface area (Å²) in [5, 5.41) is 3.30. The molecule has 2 nitrogen and oxygen atoms in total. The van der Waals surface area contributed by atoms with E-state index >= 15 is 0 Å². The monoisotopic (exact) mass is 112 g/mol. The average Bonchev–Trinajstić information content (AvgIpc) is 1.77. The average molecular weight is 112 g/mol. The van der Waals surface area contributed by atoms with Gasteiger partial charge in [0.1, 0.15) is 0 Å². The molecular formula is C6H12N2. The fourth-order valence-corrected chi connectivity index (χ4v) is 0.735. The van der Waals surface area contributed by atoms with E-state index in [4.69, 9.17) is 0 Å². The van der Waals surface area contributed by atoms with Crippen molar-refractivity contribution in [3.63, 3.8) is 0 Å². The van der Waals surface area contributed by atoms with Crippen LogP contribution in [0.15, 0.2) is 4.99 Å². The molecule has 0 fully saturated rings. The zero-order valence-corrected chi connectivity index (χ0v) is 5.44. The zero-order chi connectivity index (χ0) is 5.98. The predicted molar refractivity (Wildman–Crippen MR) is 35.4 cm³/mol. The molecule has 0 aromatic carbocycles. The van der Waals surface area contributed by atoms with Crippen molar-refractivity contribution in [3.8, 4) is 0 Å². The summed E-state index contributed by atoms with van der Waals surface area (Å²) in [4.78, 5) is 4.27. The molecule has 1 aliphatic heterocycles. The highest BCUT2D eigenvalue weighted by atomic mass is 15.0. The summed E-state index contributed by atoms with van der Waals surface area (Å²) in [6.45, 7) is 6.13. The lowest BCUT2D eigenvalue weighted by Crippen LogP contribution is -2.37. The van der Waals surface area contributed by atoms with Gasteiger partial charge in [0.25, 0.3) is 0 Å². The number of hydrogen-bond donors (Lipinski definition) is 1. The molecule has 1 unspecified atom stereocenters. The van der Waals surface area contributed by atoms with E-state index in [1.807, 2.05) is 0 Å². The van der Waals surface area contributed by atoms with Gasteiger partial charge in [-0.15, -0.1) is 0 Å². The van der Waals surface area contributed by atoms with Crippen LogP contribution in [0.3, 0.4) is 0 Å². The Morgan fingerprint density at radius 1 is 1.75 bits per heavy atom. The van der Waals surface area contributed by atoms with E-state index in [-0.39, 0.29) is 0 Å². The van der Waals surface area contributed by atoms with Crippen molar-refractivity contribution >= 4 is 5.71 Å². The largest absolute Gasteiger partial charge is 0.307 e. The van der Waals surface area contributed by atoms with Crippen LogP contribution in [0.2, 0.25) is 0 Å². The van der Waals surface area contributed by atoms with Crippen molar-refractivity contribution in [2.75, 3.05) is 13.1 Å². The molecule has 1 N–H and O–H groups in total. The summed E-state index contributed by atoms with van der Waals surface area (Å²) in [5.74, 6) is 0. The van der Waals surface area contributed by atoms with E-state index in [1.165, 1.54) is 5.71 Å². The highest BCUT2D eigenvalue weighted by Gasteiger charge is 2.04. The molecule has 0 spiro atoms. The summed E-state index contributed by atoms with van der Waals surface area (Å²) in [6, 6.07) is 0.582. The Hall–Kier alpha value is -0.370. The lowest BCUT2D eigenvalue weighted by molar-refractivity contribution is 0.579. The molecule has 0 saturated heterocycles. The van der Waals surface area contributed by atoms with Gasteiger partial charge in [-0.25, -0.2) is 0 Å².